The molecular weight excluding hydrogens is 412 g/mol. The van der Waals surface area contributed by atoms with Gasteiger partial charge in [0, 0.05) is 37.7 Å². The van der Waals surface area contributed by atoms with Crippen molar-refractivity contribution in [3.05, 3.63) is 81.9 Å². The normalized spacial score (nSPS) is 11.7. The largest absolute Gasteiger partial charge is 0.318 e. The molecule has 31 heavy (non-hydrogen) atoms. The van der Waals surface area contributed by atoms with Crippen molar-refractivity contribution in [1.29, 1.82) is 0 Å². The van der Waals surface area contributed by atoms with Gasteiger partial charge in [0.05, 0.1) is 23.2 Å². The van der Waals surface area contributed by atoms with Gasteiger partial charge in [-0.05, 0) is 41.8 Å². The summed E-state index contributed by atoms with van der Waals surface area (Å²) in [5.41, 5.74) is 5.32. The molecule has 0 saturated carbocycles. The van der Waals surface area contributed by atoms with E-state index in [1.807, 2.05) is 42.5 Å². The SMILES string of the molecule is Cc1cc(-c2cc(NS(C)(=O)=O)c3c(c2)c(Cc2ccccc2)nn3C)cn(C)c1=O. The number of sulfonamides is 1. The van der Waals surface area contributed by atoms with Gasteiger partial charge < -0.3 is 4.57 Å². The molecule has 160 valence electrons. The Morgan fingerprint density at radius 2 is 1.74 bits per heavy atom. The number of nitrogens with zero attached hydrogens (tertiary/aromatic N) is 3. The molecule has 2 heterocycles. The Morgan fingerprint density at radius 1 is 1.03 bits per heavy atom. The van der Waals surface area contributed by atoms with E-state index in [4.69, 9.17) is 0 Å². The Balaban J connectivity index is 1.97. The van der Waals surface area contributed by atoms with Crippen molar-refractivity contribution in [1.82, 2.24) is 14.3 Å². The monoisotopic (exact) mass is 436 g/mol. The van der Waals surface area contributed by atoms with Crippen molar-refractivity contribution < 1.29 is 8.42 Å². The first-order chi connectivity index (χ1) is 14.6. The van der Waals surface area contributed by atoms with E-state index in [0.717, 1.165) is 34.0 Å². The quantitative estimate of drug-likeness (QED) is 0.521. The van der Waals surface area contributed by atoms with Crippen LogP contribution in [0.3, 0.4) is 0 Å². The first-order valence-corrected chi connectivity index (χ1v) is 11.7. The highest BCUT2D eigenvalue weighted by Gasteiger charge is 2.18. The number of aromatic nitrogens is 3. The minimum atomic E-state index is -3.50. The van der Waals surface area contributed by atoms with Crippen LogP contribution in [0.2, 0.25) is 0 Å². The molecule has 0 aliphatic heterocycles. The zero-order valence-electron chi connectivity index (χ0n) is 17.9. The molecule has 4 aromatic rings. The van der Waals surface area contributed by atoms with Crippen LogP contribution in [0.25, 0.3) is 22.0 Å². The van der Waals surface area contributed by atoms with E-state index in [1.165, 1.54) is 4.57 Å². The number of hydrogen-bond donors (Lipinski definition) is 1. The third-order valence-electron chi connectivity index (χ3n) is 5.22. The zero-order valence-corrected chi connectivity index (χ0v) is 18.7. The van der Waals surface area contributed by atoms with Crippen molar-refractivity contribution >= 4 is 26.6 Å². The average Bonchev–Trinajstić information content (AvgIpc) is 3.01. The number of pyridine rings is 1. The number of benzene rings is 2. The van der Waals surface area contributed by atoms with E-state index in [2.05, 4.69) is 9.82 Å². The fourth-order valence-electron chi connectivity index (χ4n) is 3.89. The maximum Gasteiger partial charge on any atom is 0.253 e. The highest BCUT2D eigenvalue weighted by Crippen LogP contribution is 2.34. The number of fused-ring (bicyclic) bond motifs is 1. The Kier molecular flexibility index (Phi) is 5.18. The number of rotatable bonds is 5. The lowest BCUT2D eigenvalue weighted by molar-refractivity contribution is 0.607. The number of anilines is 1. The molecule has 0 amide bonds. The van der Waals surface area contributed by atoms with E-state index in [9.17, 15) is 13.2 Å². The van der Waals surface area contributed by atoms with E-state index >= 15 is 0 Å². The van der Waals surface area contributed by atoms with Gasteiger partial charge in [0.1, 0.15) is 0 Å². The van der Waals surface area contributed by atoms with Crippen LogP contribution in [-0.2, 0) is 30.5 Å². The van der Waals surface area contributed by atoms with Crippen LogP contribution < -0.4 is 10.3 Å². The zero-order chi connectivity index (χ0) is 22.3. The van der Waals surface area contributed by atoms with Crippen molar-refractivity contribution in [3.63, 3.8) is 0 Å². The van der Waals surface area contributed by atoms with Gasteiger partial charge in [0.25, 0.3) is 5.56 Å². The Bertz CT molecular complexity index is 1430. The third-order valence-corrected chi connectivity index (χ3v) is 5.81. The molecule has 8 heteroatoms. The average molecular weight is 437 g/mol. The standard InChI is InChI=1S/C23H24N4O3S/c1-15-10-18(14-26(2)23(15)28)17-12-19-20(11-16-8-6-5-7-9-16)24-27(3)22(19)21(13-17)25-31(4,29)30/h5-10,12-14,25H,11H2,1-4H3. The topological polar surface area (TPSA) is 86.0 Å². The second kappa shape index (κ2) is 7.70. The molecule has 0 atom stereocenters. The molecule has 0 unspecified atom stereocenters. The van der Waals surface area contributed by atoms with Crippen molar-refractivity contribution in [3.8, 4) is 11.1 Å². The van der Waals surface area contributed by atoms with E-state index < -0.39 is 10.0 Å². The van der Waals surface area contributed by atoms with Gasteiger partial charge in [-0.3, -0.25) is 14.2 Å². The minimum absolute atomic E-state index is 0.0644. The molecule has 0 aliphatic carbocycles. The van der Waals surface area contributed by atoms with Crippen molar-refractivity contribution in [2.45, 2.75) is 13.3 Å². The maximum atomic E-state index is 12.1. The molecule has 0 aliphatic rings. The second-order valence-electron chi connectivity index (χ2n) is 7.85. The maximum absolute atomic E-state index is 12.1. The van der Waals surface area contributed by atoms with Gasteiger partial charge in [-0.2, -0.15) is 5.10 Å². The lowest BCUT2D eigenvalue weighted by atomic mass is 10.00. The molecule has 0 radical (unpaired) electrons. The van der Waals surface area contributed by atoms with Gasteiger partial charge >= 0.3 is 0 Å². The summed E-state index contributed by atoms with van der Waals surface area (Å²) in [7, 11) is 0.00883. The fourth-order valence-corrected chi connectivity index (χ4v) is 4.44. The predicted octanol–water partition coefficient (Wildman–Crippen LogP) is 3.21. The lowest BCUT2D eigenvalue weighted by Gasteiger charge is -2.12. The molecule has 7 nitrogen and oxygen atoms in total. The lowest BCUT2D eigenvalue weighted by Crippen LogP contribution is -2.18. The molecule has 0 bridgehead atoms. The van der Waals surface area contributed by atoms with Crippen LogP contribution in [-0.4, -0.2) is 29.0 Å². The van der Waals surface area contributed by atoms with Crippen molar-refractivity contribution in [2.75, 3.05) is 11.0 Å². The number of hydrogen-bond acceptors (Lipinski definition) is 4. The first kappa shape index (κ1) is 20.9. The minimum Gasteiger partial charge on any atom is -0.318 e. The molecule has 2 aromatic heterocycles. The molecule has 0 fully saturated rings. The predicted molar refractivity (Wildman–Crippen MR) is 124 cm³/mol. The smallest absolute Gasteiger partial charge is 0.253 e. The molecule has 2 aromatic carbocycles. The highest BCUT2D eigenvalue weighted by molar-refractivity contribution is 7.92. The van der Waals surface area contributed by atoms with Crippen LogP contribution in [0.15, 0.2) is 59.5 Å². The summed E-state index contributed by atoms with van der Waals surface area (Å²) in [6.07, 6.45) is 3.50. The van der Waals surface area contributed by atoms with Crippen LogP contribution >= 0.6 is 0 Å². The fraction of sp³-hybridized carbons (Fsp3) is 0.217. The van der Waals surface area contributed by atoms with Gasteiger partial charge in [-0.25, -0.2) is 8.42 Å². The molecule has 0 saturated heterocycles. The van der Waals surface area contributed by atoms with Gasteiger partial charge in [-0.1, -0.05) is 30.3 Å². The summed E-state index contributed by atoms with van der Waals surface area (Å²) in [6, 6.07) is 15.6. The first-order valence-electron chi connectivity index (χ1n) is 9.81. The van der Waals surface area contributed by atoms with Crippen molar-refractivity contribution in [2.24, 2.45) is 14.1 Å². The van der Waals surface area contributed by atoms with Crippen LogP contribution in [0, 0.1) is 6.92 Å². The summed E-state index contributed by atoms with van der Waals surface area (Å²) in [5.74, 6) is 0. The van der Waals surface area contributed by atoms with Crippen LogP contribution in [0.1, 0.15) is 16.8 Å². The van der Waals surface area contributed by atoms with E-state index in [-0.39, 0.29) is 5.56 Å². The van der Waals surface area contributed by atoms with Gasteiger partial charge in [0.2, 0.25) is 10.0 Å². The van der Waals surface area contributed by atoms with Crippen LogP contribution in [0.4, 0.5) is 5.69 Å². The summed E-state index contributed by atoms with van der Waals surface area (Å²) >= 11 is 0. The van der Waals surface area contributed by atoms with Gasteiger partial charge in [0.15, 0.2) is 0 Å². The summed E-state index contributed by atoms with van der Waals surface area (Å²) in [4.78, 5) is 12.1. The Labute approximate surface area is 181 Å². The molecule has 1 N–H and O–H groups in total. The number of nitrogens with one attached hydrogen (secondary N) is 1. The van der Waals surface area contributed by atoms with E-state index in [1.54, 1.807) is 38.0 Å². The molecule has 0 spiro atoms. The molecular formula is C23H24N4O3S. The number of aryl methyl sites for hydroxylation is 3. The van der Waals surface area contributed by atoms with Gasteiger partial charge in [-0.15, -0.1) is 0 Å². The highest BCUT2D eigenvalue weighted by atomic mass is 32.2. The Morgan fingerprint density at radius 3 is 2.39 bits per heavy atom. The summed E-state index contributed by atoms with van der Waals surface area (Å²) in [6.45, 7) is 1.77. The summed E-state index contributed by atoms with van der Waals surface area (Å²) in [5, 5.41) is 5.55. The summed E-state index contributed by atoms with van der Waals surface area (Å²) < 4.78 is 30.0. The van der Waals surface area contributed by atoms with E-state index in [0.29, 0.717) is 23.2 Å². The second-order valence-corrected chi connectivity index (χ2v) is 9.60. The molecule has 4 rings (SSSR count). The third kappa shape index (κ3) is 4.25. The Hall–Kier alpha value is -3.39. The van der Waals surface area contributed by atoms with Crippen LogP contribution in [0.5, 0.6) is 0 Å².